The molecule has 0 fully saturated rings. The molecule has 0 aromatic heterocycles. The maximum atomic E-state index is 12.3. The Kier molecular flexibility index (Phi) is 7.63. The van der Waals surface area contributed by atoms with Crippen molar-refractivity contribution < 1.29 is 23.4 Å². The molecule has 5 nitrogen and oxygen atoms in total. The maximum Gasteiger partial charge on any atom is 0.251 e. The van der Waals surface area contributed by atoms with Crippen LogP contribution in [0.5, 0.6) is 5.75 Å². The molecule has 0 aliphatic rings. The van der Waals surface area contributed by atoms with Gasteiger partial charge in [-0.3, -0.25) is 9.69 Å². The van der Waals surface area contributed by atoms with E-state index in [0.29, 0.717) is 5.75 Å². The van der Waals surface area contributed by atoms with Crippen LogP contribution in [-0.4, -0.2) is 55.7 Å². The van der Waals surface area contributed by atoms with E-state index < -0.39 is 13.0 Å². The van der Waals surface area contributed by atoms with Gasteiger partial charge >= 0.3 is 0 Å². The SMILES string of the molecule is COc1cccc(CNC(=O)CN(CCO)CC(F)F)c1. The number of benzene rings is 1. The summed E-state index contributed by atoms with van der Waals surface area (Å²) in [6.45, 7) is -0.646. The molecule has 2 N–H and O–H groups in total. The number of hydrogen-bond acceptors (Lipinski definition) is 4. The van der Waals surface area contributed by atoms with Crippen LogP contribution in [0.25, 0.3) is 0 Å². The van der Waals surface area contributed by atoms with Crippen LogP contribution < -0.4 is 10.1 Å². The van der Waals surface area contributed by atoms with Crippen LogP contribution in [0.1, 0.15) is 5.56 Å². The van der Waals surface area contributed by atoms with Crippen molar-refractivity contribution in [2.75, 3.05) is 33.4 Å². The van der Waals surface area contributed by atoms with E-state index in [4.69, 9.17) is 9.84 Å². The number of carbonyl (C=O) groups excluding carboxylic acids is 1. The van der Waals surface area contributed by atoms with Gasteiger partial charge in [0.25, 0.3) is 6.43 Å². The standard InChI is InChI=1S/C14H20F2N2O3/c1-21-12-4-2-3-11(7-12)8-17-14(20)10-18(5-6-19)9-13(15)16/h2-4,7,13,19H,5-6,8-10H2,1H3,(H,17,20). The topological polar surface area (TPSA) is 61.8 Å². The predicted octanol–water partition coefficient (Wildman–Crippen LogP) is 0.871. The molecule has 1 aromatic rings. The van der Waals surface area contributed by atoms with Crippen molar-refractivity contribution in [3.63, 3.8) is 0 Å². The largest absolute Gasteiger partial charge is 0.497 e. The number of nitrogens with zero attached hydrogens (tertiary/aromatic N) is 1. The fourth-order valence-corrected chi connectivity index (χ4v) is 1.81. The second-order valence-corrected chi connectivity index (χ2v) is 4.48. The summed E-state index contributed by atoms with van der Waals surface area (Å²) in [4.78, 5) is 12.9. The average Bonchev–Trinajstić information content (AvgIpc) is 2.45. The number of amides is 1. The van der Waals surface area contributed by atoms with Crippen molar-refractivity contribution >= 4 is 5.91 Å². The Balaban J connectivity index is 2.44. The molecule has 0 saturated heterocycles. The summed E-state index contributed by atoms with van der Waals surface area (Å²) in [6.07, 6.45) is -2.54. The number of rotatable bonds is 9. The molecule has 1 amide bonds. The number of hydrogen-bond donors (Lipinski definition) is 2. The zero-order valence-corrected chi connectivity index (χ0v) is 11.9. The van der Waals surface area contributed by atoms with Crippen LogP contribution in [0.2, 0.25) is 0 Å². The van der Waals surface area contributed by atoms with E-state index in [1.807, 2.05) is 6.07 Å². The van der Waals surface area contributed by atoms with E-state index >= 15 is 0 Å². The highest BCUT2D eigenvalue weighted by molar-refractivity contribution is 5.78. The molecule has 21 heavy (non-hydrogen) atoms. The Labute approximate surface area is 122 Å². The number of aliphatic hydroxyl groups excluding tert-OH is 1. The van der Waals surface area contributed by atoms with Crippen molar-refractivity contribution in [1.82, 2.24) is 10.2 Å². The molecule has 1 rings (SSSR count). The zero-order chi connectivity index (χ0) is 15.7. The van der Waals surface area contributed by atoms with Gasteiger partial charge < -0.3 is 15.2 Å². The van der Waals surface area contributed by atoms with Gasteiger partial charge in [-0.15, -0.1) is 0 Å². The van der Waals surface area contributed by atoms with Crippen molar-refractivity contribution in [2.45, 2.75) is 13.0 Å². The number of methoxy groups -OCH3 is 1. The summed E-state index contributed by atoms with van der Waals surface area (Å²) >= 11 is 0. The van der Waals surface area contributed by atoms with Gasteiger partial charge in [0, 0.05) is 13.1 Å². The molecule has 0 aliphatic heterocycles. The van der Waals surface area contributed by atoms with Crippen molar-refractivity contribution in [3.05, 3.63) is 29.8 Å². The summed E-state index contributed by atoms with van der Waals surface area (Å²) in [5, 5.41) is 11.4. The maximum absolute atomic E-state index is 12.3. The summed E-state index contributed by atoms with van der Waals surface area (Å²) in [5.74, 6) is 0.313. The smallest absolute Gasteiger partial charge is 0.251 e. The normalized spacial score (nSPS) is 11.0. The molecule has 0 radical (unpaired) electrons. The van der Waals surface area contributed by atoms with Gasteiger partial charge in [0.05, 0.1) is 26.8 Å². The van der Waals surface area contributed by atoms with Crippen LogP contribution in [0.15, 0.2) is 24.3 Å². The Bertz CT molecular complexity index is 444. The van der Waals surface area contributed by atoms with Gasteiger partial charge in [-0.2, -0.15) is 0 Å². The molecule has 0 aliphatic carbocycles. The Morgan fingerprint density at radius 1 is 1.48 bits per heavy atom. The number of carbonyl (C=O) groups is 1. The van der Waals surface area contributed by atoms with E-state index in [1.165, 1.54) is 4.90 Å². The molecule has 0 heterocycles. The first kappa shape index (κ1) is 17.3. The first-order valence-corrected chi connectivity index (χ1v) is 6.56. The molecule has 0 saturated carbocycles. The fourth-order valence-electron chi connectivity index (χ4n) is 1.81. The van der Waals surface area contributed by atoms with Gasteiger partial charge in [0.2, 0.25) is 5.91 Å². The number of alkyl halides is 2. The quantitative estimate of drug-likeness (QED) is 0.710. The lowest BCUT2D eigenvalue weighted by molar-refractivity contribution is -0.122. The van der Waals surface area contributed by atoms with E-state index in [-0.39, 0.29) is 32.1 Å². The summed E-state index contributed by atoms with van der Waals surface area (Å²) in [7, 11) is 1.55. The zero-order valence-electron chi connectivity index (χ0n) is 11.9. The van der Waals surface area contributed by atoms with E-state index in [0.717, 1.165) is 5.56 Å². The minimum Gasteiger partial charge on any atom is -0.497 e. The number of nitrogens with one attached hydrogen (secondary N) is 1. The van der Waals surface area contributed by atoms with Crippen LogP contribution >= 0.6 is 0 Å². The van der Waals surface area contributed by atoms with Gasteiger partial charge in [-0.05, 0) is 17.7 Å². The Morgan fingerprint density at radius 3 is 2.86 bits per heavy atom. The third kappa shape index (κ3) is 7.01. The molecular weight excluding hydrogens is 282 g/mol. The molecule has 118 valence electrons. The highest BCUT2D eigenvalue weighted by atomic mass is 19.3. The molecular formula is C14H20F2N2O3. The first-order chi connectivity index (χ1) is 10.0. The van der Waals surface area contributed by atoms with Gasteiger partial charge in [0.1, 0.15) is 5.75 Å². The molecule has 0 spiro atoms. The van der Waals surface area contributed by atoms with Crippen molar-refractivity contribution in [3.8, 4) is 5.75 Å². The molecule has 0 bridgehead atoms. The third-order valence-electron chi connectivity index (χ3n) is 2.80. The summed E-state index contributed by atoms with van der Waals surface area (Å²) in [5.41, 5.74) is 0.852. The lowest BCUT2D eigenvalue weighted by atomic mass is 10.2. The van der Waals surface area contributed by atoms with Crippen LogP contribution in [0.4, 0.5) is 8.78 Å². The number of aliphatic hydroxyl groups is 1. The monoisotopic (exact) mass is 302 g/mol. The minimum atomic E-state index is -2.54. The number of ether oxygens (including phenoxy) is 1. The Hall–Kier alpha value is -1.73. The lowest BCUT2D eigenvalue weighted by Crippen LogP contribution is -2.40. The van der Waals surface area contributed by atoms with Gasteiger partial charge in [0.15, 0.2) is 0 Å². The predicted molar refractivity (Wildman–Crippen MR) is 74.4 cm³/mol. The number of halogens is 2. The average molecular weight is 302 g/mol. The summed E-state index contributed by atoms with van der Waals surface area (Å²) < 4.78 is 29.7. The highest BCUT2D eigenvalue weighted by Gasteiger charge is 2.15. The second-order valence-electron chi connectivity index (χ2n) is 4.48. The summed E-state index contributed by atoms with van der Waals surface area (Å²) in [6, 6.07) is 7.20. The van der Waals surface area contributed by atoms with Crippen LogP contribution in [-0.2, 0) is 11.3 Å². The van der Waals surface area contributed by atoms with Crippen molar-refractivity contribution in [1.29, 1.82) is 0 Å². The fraction of sp³-hybridized carbons (Fsp3) is 0.500. The highest BCUT2D eigenvalue weighted by Crippen LogP contribution is 2.12. The minimum absolute atomic E-state index is 0.0386. The van der Waals surface area contributed by atoms with E-state index in [1.54, 1.807) is 25.3 Å². The molecule has 7 heteroatoms. The molecule has 0 unspecified atom stereocenters. The molecule has 0 atom stereocenters. The van der Waals surface area contributed by atoms with Gasteiger partial charge in [-0.1, -0.05) is 12.1 Å². The van der Waals surface area contributed by atoms with Crippen LogP contribution in [0.3, 0.4) is 0 Å². The Morgan fingerprint density at radius 2 is 2.24 bits per heavy atom. The second kappa shape index (κ2) is 9.25. The van der Waals surface area contributed by atoms with E-state index in [9.17, 15) is 13.6 Å². The lowest BCUT2D eigenvalue weighted by Gasteiger charge is -2.20. The van der Waals surface area contributed by atoms with Crippen LogP contribution in [0, 0.1) is 0 Å². The first-order valence-electron chi connectivity index (χ1n) is 6.56. The van der Waals surface area contributed by atoms with Crippen molar-refractivity contribution in [2.24, 2.45) is 0 Å². The third-order valence-corrected chi connectivity index (χ3v) is 2.80. The van der Waals surface area contributed by atoms with E-state index in [2.05, 4.69) is 5.32 Å². The van der Waals surface area contributed by atoms with Gasteiger partial charge in [-0.25, -0.2) is 8.78 Å². The molecule has 1 aromatic carbocycles.